The van der Waals surface area contributed by atoms with Crippen LogP contribution in [0.1, 0.15) is 37.8 Å². The zero-order valence-electron chi connectivity index (χ0n) is 26.4. The molecule has 0 saturated carbocycles. The molecule has 0 fully saturated rings. The lowest BCUT2D eigenvalue weighted by Crippen LogP contribution is -2.23. The van der Waals surface area contributed by atoms with Gasteiger partial charge in [0.2, 0.25) is 0 Å². The van der Waals surface area contributed by atoms with Crippen LogP contribution in [0.3, 0.4) is 0 Å². The van der Waals surface area contributed by atoms with Crippen molar-refractivity contribution < 1.29 is 0 Å². The zero-order valence-corrected chi connectivity index (χ0v) is 26.4. The van der Waals surface area contributed by atoms with Crippen LogP contribution in [-0.4, -0.2) is 0 Å². The largest absolute Gasteiger partial charge is 0.310 e. The third kappa shape index (κ3) is 4.54. The topological polar surface area (TPSA) is 3.24 Å². The smallest absolute Gasteiger partial charge is 0.0465 e. The maximum atomic E-state index is 2.47. The standard InChI is InChI=1S/C45H37N/c1-3-45(4-2)43-30-35-18-12-11-17-34(35)29-42(43)41-28-27-38(31-44(41)45)46(36-19-9-6-10-20-36)37-25-23-33(24-26-37)40-22-14-13-21-39(40)32-15-7-5-8-16-32/h5-31H,3-4H2,1-2H3. The van der Waals surface area contributed by atoms with Gasteiger partial charge >= 0.3 is 0 Å². The minimum atomic E-state index is -0.0158. The molecule has 8 rings (SSSR count). The molecule has 0 unspecified atom stereocenters. The van der Waals surface area contributed by atoms with E-state index in [0.717, 1.165) is 24.2 Å². The molecule has 0 bridgehead atoms. The third-order valence-electron chi connectivity index (χ3n) is 10.1. The van der Waals surface area contributed by atoms with Crippen molar-refractivity contribution in [1.29, 1.82) is 0 Å². The van der Waals surface area contributed by atoms with Gasteiger partial charge in [-0.05, 0) is 117 Å². The fourth-order valence-electron chi connectivity index (χ4n) is 7.74. The molecular formula is C45H37N. The molecule has 0 heterocycles. The average Bonchev–Trinajstić information content (AvgIpc) is 3.40. The lowest BCUT2D eigenvalue weighted by Gasteiger charge is -2.32. The van der Waals surface area contributed by atoms with Gasteiger partial charge < -0.3 is 4.90 Å². The van der Waals surface area contributed by atoms with E-state index >= 15 is 0 Å². The minimum absolute atomic E-state index is 0.0158. The van der Waals surface area contributed by atoms with Gasteiger partial charge in [0.25, 0.3) is 0 Å². The van der Waals surface area contributed by atoms with E-state index in [0.29, 0.717) is 0 Å². The third-order valence-corrected chi connectivity index (χ3v) is 10.1. The fraction of sp³-hybridized carbons (Fsp3) is 0.111. The second kappa shape index (κ2) is 11.5. The Hall–Kier alpha value is -5.40. The number of anilines is 3. The molecule has 0 radical (unpaired) electrons. The van der Waals surface area contributed by atoms with Crippen LogP contribution >= 0.6 is 0 Å². The SMILES string of the molecule is CCC1(CC)c2cc(N(c3ccccc3)c3ccc(-c4ccccc4-c4ccccc4)cc3)ccc2-c2cc3ccccc3cc21. The van der Waals surface area contributed by atoms with Crippen LogP contribution in [0.2, 0.25) is 0 Å². The predicted molar refractivity (Wildman–Crippen MR) is 196 cm³/mol. The van der Waals surface area contributed by atoms with Gasteiger partial charge in [0.1, 0.15) is 0 Å². The molecule has 1 aliphatic carbocycles. The Bertz CT molecular complexity index is 2160. The second-order valence-electron chi connectivity index (χ2n) is 12.4. The molecule has 222 valence electrons. The summed E-state index contributed by atoms with van der Waals surface area (Å²) in [6.45, 7) is 4.70. The average molecular weight is 592 g/mol. The summed E-state index contributed by atoms with van der Waals surface area (Å²) in [6, 6.07) is 60.0. The summed E-state index contributed by atoms with van der Waals surface area (Å²) < 4.78 is 0. The highest BCUT2D eigenvalue weighted by atomic mass is 15.1. The van der Waals surface area contributed by atoms with E-state index in [9.17, 15) is 0 Å². The maximum Gasteiger partial charge on any atom is 0.0465 e. The first-order chi connectivity index (χ1) is 22.7. The van der Waals surface area contributed by atoms with Crippen molar-refractivity contribution in [2.24, 2.45) is 0 Å². The first-order valence-corrected chi connectivity index (χ1v) is 16.5. The van der Waals surface area contributed by atoms with Crippen LogP contribution in [0.4, 0.5) is 17.1 Å². The number of rotatable bonds is 7. The van der Waals surface area contributed by atoms with Crippen LogP contribution in [-0.2, 0) is 5.41 Å². The molecule has 1 heteroatoms. The summed E-state index contributed by atoms with van der Waals surface area (Å²) >= 11 is 0. The highest BCUT2D eigenvalue weighted by Crippen LogP contribution is 2.55. The molecule has 0 saturated heterocycles. The van der Waals surface area contributed by atoms with Crippen LogP contribution in [0.5, 0.6) is 0 Å². The van der Waals surface area contributed by atoms with Gasteiger partial charge in [0.15, 0.2) is 0 Å². The number of nitrogens with zero attached hydrogens (tertiary/aromatic N) is 1. The molecule has 0 amide bonds. The summed E-state index contributed by atoms with van der Waals surface area (Å²) in [5.74, 6) is 0. The Balaban J connectivity index is 1.25. The van der Waals surface area contributed by atoms with Gasteiger partial charge in [-0.25, -0.2) is 0 Å². The van der Waals surface area contributed by atoms with Gasteiger partial charge in [-0.1, -0.05) is 129 Å². The molecule has 0 spiro atoms. The van der Waals surface area contributed by atoms with Crippen molar-refractivity contribution >= 4 is 27.8 Å². The van der Waals surface area contributed by atoms with Crippen molar-refractivity contribution in [3.8, 4) is 33.4 Å². The minimum Gasteiger partial charge on any atom is -0.310 e. The first-order valence-electron chi connectivity index (χ1n) is 16.5. The number of fused-ring (bicyclic) bond motifs is 4. The summed E-state index contributed by atoms with van der Waals surface area (Å²) in [6.07, 6.45) is 2.12. The number of para-hydroxylation sites is 1. The van der Waals surface area contributed by atoms with E-state index < -0.39 is 0 Å². The van der Waals surface area contributed by atoms with Crippen LogP contribution in [0, 0.1) is 0 Å². The molecule has 7 aromatic carbocycles. The number of benzene rings is 7. The summed E-state index contributed by atoms with van der Waals surface area (Å²) in [5.41, 5.74) is 14.1. The maximum absolute atomic E-state index is 2.47. The number of hydrogen-bond acceptors (Lipinski definition) is 1. The quantitative estimate of drug-likeness (QED) is 0.178. The lowest BCUT2D eigenvalue weighted by molar-refractivity contribution is 0.491. The molecular weight excluding hydrogens is 555 g/mol. The summed E-state index contributed by atoms with van der Waals surface area (Å²) in [5, 5.41) is 2.62. The Kier molecular flexibility index (Phi) is 7.03. The van der Waals surface area contributed by atoms with Gasteiger partial charge in [0.05, 0.1) is 0 Å². The zero-order chi connectivity index (χ0) is 31.1. The summed E-state index contributed by atoms with van der Waals surface area (Å²) in [4.78, 5) is 2.41. The van der Waals surface area contributed by atoms with Gasteiger partial charge in [0, 0.05) is 22.5 Å². The second-order valence-corrected chi connectivity index (χ2v) is 12.4. The van der Waals surface area contributed by atoms with Gasteiger partial charge in [-0.15, -0.1) is 0 Å². The van der Waals surface area contributed by atoms with E-state index in [2.05, 4.69) is 183 Å². The predicted octanol–water partition coefficient (Wildman–Crippen LogP) is 12.7. The van der Waals surface area contributed by atoms with E-state index in [1.165, 1.54) is 61.0 Å². The fourth-order valence-corrected chi connectivity index (χ4v) is 7.74. The van der Waals surface area contributed by atoms with Crippen molar-refractivity contribution in [2.75, 3.05) is 4.90 Å². The molecule has 0 N–H and O–H groups in total. The van der Waals surface area contributed by atoms with E-state index in [1.807, 2.05) is 0 Å². The Labute approximate surface area is 272 Å². The van der Waals surface area contributed by atoms with E-state index in [1.54, 1.807) is 0 Å². The molecule has 0 atom stereocenters. The van der Waals surface area contributed by atoms with Crippen molar-refractivity contribution in [1.82, 2.24) is 0 Å². The Morgan fingerprint density at radius 2 is 0.891 bits per heavy atom. The van der Waals surface area contributed by atoms with Crippen molar-refractivity contribution in [3.63, 3.8) is 0 Å². The monoisotopic (exact) mass is 591 g/mol. The molecule has 1 aliphatic rings. The normalized spacial score (nSPS) is 12.9. The molecule has 1 nitrogen and oxygen atoms in total. The van der Waals surface area contributed by atoms with Gasteiger partial charge in [-0.3, -0.25) is 0 Å². The molecule has 7 aromatic rings. The molecule has 0 aliphatic heterocycles. The van der Waals surface area contributed by atoms with Crippen molar-refractivity contribution in [3.05, 3.63) is 175 Å². The Morgan fingerprint density at radius 3 is 1.54 bits per heavy atom. The Morgan fingerprint density at radius 1 is 0.391 bits per heavy atom. The molecule has 0 aromatic heterocycles. The highest BCUT2D eigenvalue weighted by molar-refractivity contribution is 5.95. The highest BCUT2D eigenvalue weighted by Gasteiger charge is 2.41. The van der Waals surface area contributed by atoms with Crippen LogP contribution in [0.15, 0.2) is 164 Å². The summed E-state index contributed by atoms with van der Waals surface area (Å²) in [7, 11) is 0. The van der Waals surface area contributed by atoms with E-state index in [4.69, 9.17) is 0 Å². The number of hydrogen-bond donors (Lipinski definition) is 0. The van der Waals surface area contributed by atoms with Crippen LogP contribution < -0.4 is 4.90 Å². The van der Waals surface area contributed by atoms with Gasteiger partial charge in [-0.2, -0.15) is 0 Å². The molecule has 46 heavy (non-hydrogen) atoms. The first kappa shape index (κ1) is 28.1. The van der Waals surface area contributed by atoms with E-state index in [-0.39, 0.29) is 5.41 Å². The van der Waals surface area contributed by atoms with Crippen molar-refractivity contribution in [2.45, 2.75) is 32.1 Å². The van der Waals surface area contributed by atoms with Crippen LogP contribution in [0.25, 0.3) is 44.2 Å². The lowest BCUT2D eigenvalue weighted by atomic mass is 9.73.